The Bertz CT molecular complexity index is 757. The number of rotatable bonds is 5. The summed E-state index contributed by atoms with van der Waals surface area (Å²) in [5.41, 5.74) is 4.65. The lowest BCUT2D eigenvalue weighted by Crippen LogP contribution is -2.40. The summed E-state index contributed by atoms with van der Waals surface area (Å²) in [6, 6.07) is 14.7. The monoisotopic (exact) mass is 414 g/mol. The highest BCUT2D eigenvalue weighted by Gasteiger charge is 2.26. The fourth-order valence-corrected chi connectivity index (χ4v) is 3.95. The van der Waals surface area contributed by atoms with Crippen LogP contribution in [0.1, 0.15) is 36.5 Å². The second kappa shape index (κ2) is 8.83. The van der Waals surface area contributed by atoms with E-state index in [1.165, 1.54) is 11.1 Å². The van der Waals surface area contributed by atoms with Crippen LogP contribution in [-0.2, 0) is 17.8 Å². The van der Waals surface area contributed by atoms with Gasteiger partial charge in [0.25, 0.3) is 0 Å². The highest BCUT2D eigenvalue weighted by atomic mass is 79.9. The molecule has 3 nitrogen and oxygen atoms in total. The van der Waals surface area contributed by atoms with Crippen molar-refractivity contribution in [3.63, 3.8) is 0 Å². The number of anilines is 1. The zero-order valence-electron chi connectivity index (χ0n) is 15.6. The summed E-state index contributed by atoms with van der Waals surface area (Å²) in [6.07, 6.45) is 2.97. The molecule has 3 rings (SSSR count). The number of carbonyl (C=O) groups is 1. The van der Waals surface area contributed by atoms with E-state index in [1.807, 2.05) is 0 Å². The summed E-state index contributed by atoms with van der Waals surface area (Å²) >= 11 is 3.48. The second-order valence-corrected chi connectivity index (χ2v) is 8.07. The van der Waals surface area contributed by atoms with Gasteiger partial charge in [-0.1, -0.05) is 53.2 Å². The molecule has 1 aliphatic rings. The van der Waals surface area contributed by atoms with E-state index in [4.69, 9.17) is 0 Å². The molecule has 1 N–H and O–H groups in total. The fraction of sp³-hybridized carbons (Fsp3) is 0.409. The molecule has 138 valence electrons. The average Bonchev–Trinajstić information content (AvgIpc) is 2.65. The molecule has 0 spiro atoms. The van der Waals surface area contributed by atoms with Gasteiger partial charge in [0.1, 0.15) is 0 Å². The second-order valence-electron chi connectivity index (χ2n) is 7.15. The molecule has 26 heavy (non-hydrogen) atoms. The summed E-state index contributed by atoms with van der Waals surface area (Å²) in [5, 5.41) is 3.22. The molecule has 1 heterocycles. The molecular formula is C22H27BrN2O. The first-order valence-corrected chi connectivity index (χ1v) is 10.2. The molecule has 0 radical (unpaired) electrons. The predicted molar refractivity (Wildman–Crippen MR) is 111 cm³/mol. The van der Waals surface area contributed by atoms with Crippen molar-refractivity contribution < 1.29 is 4.79 Å². The zero-order chi connectivity index (χ0) is 18.5. The Balaban J connectivity index is 1.64. The first kappa shape index (κ1) is 19.1. The lowest BCUT2D eigenvalue weighted by atomic mass is 9.96. The Labute approximate surface area is 164 Å². The van der Waals surface area contributed by atoms with Gasteiger partial charge in [0.2, 0.25) is 5.91 Å². The molecule has 2 aromatic rings. The number of amides is 1. The van der Waals surface area contributed by atoms with E-state index in [1.54, 1.807) is 0 Å². The summed E-state index contributed by atoms with van der Waals surface area (Å²) in [4.78, 5) is 15.3. The Hall–Kier alpha value is -1.65. The van der Waals surface area contributed by atoms with E-state index in [2.05, 4.69) is 82.5 Å². The molecule has 0 aliphatic carbocycles. The molecular weight excluding hydrogens is 388 g/mol. The molecule has 1 unspecified atom stereocenters. The van der Waals surface area contributed by atoms with Crippen molar-refractivity contribution >= 4 is 27.5 Å². The van der Waals surface area contributed by atoms with Gasteiger partial charge >= 0.3 is 0 Å². The number of aryl methyl sites for hydroxylation is 2. The van der Waals surface area contributed by atoms with Crippen molar-refractivity contribution in [2.75, 3.05) is 18.4 Å². The number of carbonyl (C=O) groups excluding carboxylic acids is 1. The van der Waals surface area contributed by atoms with Crippen molar-refractivity contribution in [2.45, 2.75) is 39.7 Å². The van der Waals surface area contributed by atoms with Crippen LogP contribution in [0.2, 0.25) is 0 Å². The predicted octanol–water partition coefficient (Wildman–Crippen LogP) is 5.17. The van der Waals surface area contributed by atoms with Gasteiger partial charge in [0, 0.05) is 23.2 Å². The highest BCUT2D eigenvalue weighted by Crippen LogP contribution is 2.25. The van der Waals surface area contributed by atoms with Gasteiger partial charge in [0.15, 0.2) is 0 Å². The van der Waals surface area contributed by atoms with Crippen LogP contribution < -0.4 is 5.32 Å². The third kappa shape index (κ3) is 4.74. The van der Waals surface area contributed by atoms with Crippen molar-refractivity contribution in [3.05, 3.63) is 63.6 Å². The summed E-state index contributed by atoms with van der Waals surface area (Å²) in [5.74, 6) is 0.220. The summed E-state index contributed by atoms with van der Waals surface area (Å²) in [6.45, 7) is 6.99. The van der Waals surface area contributed by atoms with Gasteiger partial charge in [-0.15, -0.1) is 0 Å². The Morgan fingerprint density at radius 3 is 2.73 bits per heavy atom. The number of nitrogens with zero attached hydrogens (tertiary/aromatic N) is 1. The topological polar surface area (TPSA) is 32.3 Å². The molecule has 1 fully saturated rings. The van der Waals surface area contributed by atoms with E-state index in [9.17, 15) is 4.79 Å². The van der Waals surface area contributed by atoms with Gasteiger partial charge in [-0.05, 0) is 61.6 Å². The standard InChI is InChI=1S/C22H27BrN2O/c1-3-18-7-4-6-16(2)21(18)24-22(26)19-8-5-13-25(15-19)14-17-9-11-20(23)12-10-17/h4,6-7,9-12,19H,3,5,8,13-15H2,1-2H3,(H,24,26). The van der Waals surface area contributed by atoms with Crippen LogP contribution in [0.4, 0.5) is 5.69 Å². The molecule has 4 heteroatoms. The van der Waals surface area contributed by atoms with Crippen LogP contribution in [0, 0.1) is 12.8 Å². The van der Waals surface area contributed by atoms with Crippen molar-refractivity contribution in [1.82, 2.24) is 4.90 Å². The lowest BCUT2D eigenvalue weighted by Gasteiger charge is -2.32. The number of likely N-dealkylation sites (tertiary alicyclic amines) is 1. The van der Waals surface area contributed by atoms with Gasteiger partial charge in [-0.2, -0.15) is 0 Å². The number of hydrogen-bond donors (Lipinski definition) is 1. The first-order chi connectivity index (χ1) is 12.6. The van der Waals surface area contributed by atoms with Gasteiger partial charge < -0.3 is 5.32 Å². The van der Waals surface area contributed by atoms with E-state index in [0.717, 1.165) is 54.6 Å². The number of halogens is 1. The zero-order valence-corrected chi connectivity index (χ0v) is 17.2. The average molecular weight is 415 g/mol. The Morgan fingerprint density at radius 2 is 2.00 bits per heavy atom. The quantitative estimate of drug-likeness (QED) is 0.731. The minimum atomic E-state index is 0.0588. The molecule has 0 aromatic heterocycles. The Kier molecular flexibility index (Phi) is 6.49. The van der Waals surface area contributed by atoms with Gasteiger partial charge in [-0.3, -0.25) is 9.69 Å². The van der Waals surface area contributed by atoms with Crippen LogP contribution in [0.5, 0.6) is 0 Å². The largest absolute Gasteiger partial charge is 0.325 e. The number of hydrogen-bond acceptors (Lipinski definition) is 2. The molecule has 1 saturated heterocycles. The normalized spacial score (nSPS) is 17.9. The minimum absolute atomic E-state index is 0.0588. The number of benzene rings is 2. The van der Waals surface area contributed by atoms with Crippen LogP contribution in [0.25, 0.3) is 0 Å². The maximum atomic E-state index is 12.9. The van der Waals surface area contributed by atoms with Crippen molar-refractivity contribution in [1.29, 1.82) is 0 Å². The summed E-state index contributed by atoms with van der Waals surface area (Å²) < 4.78 is 1.10. The molecule has 2 aromatic carbocycles. The lowest BCUT2D eigenvalue weighted by molar-refractivity contribution is -0.121. The summed E-state index contributed by atoms with van der Waals surface area (Å²) in [7, 11) is 0. The van der Waals surface area contributed by atoms with E-state index in [0.29, 0.717) is 0 Å². The molecule has 0 bridgehead atoms. The third-order valence-corrected chi connectivity index (χ3v) is 5.71. The minimum Gasteiger partial charge on any atom is -0.325 e. The van der Waals surface area contributed by atoms with Gasteiger partial charge in [0.05, 0.1) is 5.92 Å². The maximum absolute atomic E-state index is 12.9. The van der Waals surface area contributed by atoms with Crippen molar-refractivity contribution in [2.24, 2.45) is 5.92 Å². The number of piperidine rings is 1. The van der Waals surface area contributed by atoms with Crippen molar-refractivity contribution in [3.8, 4) is 0 Å². The van der Waals surface area contributed by atoms with Crippen LogP contribution in [0.3, 0.4) is 0 Å². The number of para-hydroxylation sites is 1. The fourth-order valence-electron chi connectivity index (χ4n) is 3.69. The highest BCUT2D eigenvalue weighted by molar-refractivity contribution is 9.10. The molecule has 1 aliphatic heterocycles. The Morgan fingerprint density at radius 1 is 1.23 bits per heavy atom. The van der Waals surface area contributed by atoms with E-state index in [-0.39, 0.29) is 11.8 Å². The third-order valence-electron chi connectivity index (χ3n) is 5.18. The smallest absolute Gasteiger partial charge is 0.228 e. The number of nitrogens with one attached hydrogen (secondary N) is 1. The van der Waals surface area contributed by atoms with Gasteiger partial charge in [-0.25, -0.2) is 0 Å². The van der Waals surface area contributed by atoms with Crippen LogP contribution in [-0.4, -0.2) is 23.9 Å². The van der Waals surface area contributed by atoms with Crippen LogP contribution in [0.15, 0.2) is 46.9 Å². The van der Waals surface area contributed by atoms with E-state index >= 15 is 0 Å². The molecule has 1 amide bonds. The first-order valence-electron chi connectivity index (χ1n) is 9.43. The molecule has 0 saturated carbocycles. The van der Waals surface area contributed by atoms with E-state index < -0.39 is 0 Å². The maximum Gasteiger partial charge on any atom is 0.228 e. The molecule has 1 atom stereocenters. The van der Waals surface area contributed by atoms with Crippen LogP contribution >= 0.6 is 15.9 Å². The SMILES string of the molecule is CCc1cccc(C)c1NC(=O)C1CCCN(Cc2ccc(Br)cc2)C1.